The lowest BCUT2D eigenvalue weighted by atomic mass is 10.1. The average molecular weight is 618 g/mol. The number of nitrogens with two attached hydrogens (primary N) is 1. The summed E-state index contributed by atoms with van der Waals surface area (Å²) in [7, 11) is -4.24. The molecule has 0 bridgehead atoms. The van der Waals surface area contributed by atoms with Crippen LogP contribution >= 0.6 is 7.82 Å². The topological polar surface area (TPSA) is 117 Å². The predicted molar refractivity (Wildman–Crippen MR) is 173 cm³/mol. The molecule has 0 aliphatic carbocycles. The molecule has 0 spiro atoms. The summed E-state index contributed by atoms with van der Waals surface area (Å²) in [4.78, 5) is 21.5. The van der Waals surface area contributed by atoms with E-state index in [1.54, 1.807) is 0 Å². The number of hydrogen-bond acceptors (Lipinski definition) is 7. The molecule has 0 fully saturated rings. The van der Waals surface area contributed by atoms with Crippen molar-refractivity contribution in [3.63, 3.8) is 0 Å². The Balaban J connectivity index is 3.67. The average Bonchev–Trinajstić information content (AvgIpc) is 2.97. The van der Waals surface area contributed by atoms with Crippen LogP contribution in [0.1, 0.15) is 142 Å². The first-order valence-corrected chi connectivity index (χ1v) is 18.3. The van der Waals surface area contributed by atoms with E-state index in [0.29, 0.717) is 13.0 Å². The molecule has 0 aromatic rings. The Labute approximate surface area is 257 Å². The SMILES string of the molecule is CCCCCCC/C=C\C/C=C\CCCCCCCCCCCCOCC(COP(=O)(O)OCCN)OC(=O)CCC. The summed E-state index contributed by atoms with van der Waals surface area (Å²) in [6.45, 7) is 4.52. The van der Waals surface area contributed by atoms with Crippen molar-refractivity contribution >= 4 is 13.8 Å². The largest absolute Gasteiger partial charge is 0.472 e. The number of phosphoric ester groups is 1. The number of carbonyl (C=O) groups is 1. The van der Waals surface area contributed by atoms with Crippen LogP contribution in [0.3, 0.4) is 0 Å². The highest BCUT2D eigenvalue weighted by Crippen LogP contribution is 2.43. The van der Waals surface area contributed by atoms with Crippen LogP contribution in [0.2, 0.25) is 0 Å². The number of hydrogen-bond donors (Lipinski definition) is 2. The molecule has 248 valence electrons. The number of unbranched alkanes of at least 4 members (excludes halogenated alkanes) is 15. The van der Waals surface area contributed by atoms with E-state index in [-0.39, 0.29) is 38.8 Å². The summed E-state index contributed by atoms with van der Waals surface area (Å²) >= 11 is 0. The summed E-state index contributed by atoms with van der Waals surface area (Å²) in [5.74, 6) is -0.385. The van der Waals surface area contributed by atoms with Gasteiger partial charge in [0.2, 0.25) is 0 Å². The highest BCUT2D eigenvalue weighted by atomic mass is 31.2. The zero-order valence-corrected chi connectivity index (χ0v) is 27.9. The summed E-state index contributed by atoms with van der Waals surface area (Å²) in [6, 6.07) is 0. The molecule has 0 amide bonds. The van der Waals surface area contributed by atoms with Crippen LogP contribution in [0.25, 0.3) is 0 Å². The number of phosphoric acid groups is 1. The first-order chi connectivity index (χ1) is 20.4. The van der Waals surface area contributed by atoms with Gasteiger partial charge in [0, 0.05) is 19.6 Å². The Bertz CT molecular complexity index is 702. The molecule has 0 aromatic heterocycles. The Kier molecular flexibility index (Phi) is 30.6. The standard InChI is InChI=1S/C33H64NO7P/c1-3-5-6-7-8-9-10-11-12-13-14-15-16-17-18-19-20-21-22-23-24-25-28-38-30-32(41-33(35)26-4-2)31-40-42(36,37)39-29-27-34/h10-11,13-14,32H,3-9,12,15-31,34H2,1-2H3,(H,36,37)/b11-10-,14-13-. The summed E-state index contributed by atoms with van der Waals surface area (Å²) in [5, 5.41) is 0. The van der Waals surface area contributed by atoms with E-state index in [1.165, 1.54) is 96.3 Å². The second-order valence-corrected chi connectivity index (χ2v) is 12.5. The molecular formula is C33H64NO7P. The molecule has 0 aliphatic heterocycles. The Morgan fingerprint density at radius 1 is 0.714 bits per heavy atom. The third kappa shape index (κ3) is 30.4. The van der Waals surface area contributed by atoms with Crippen LogP contribution in [0.4, 0.5) is 0 Å². The lowest BCUT2D eigenvalue weighted by Crippen LogP contribution is -2.28. The minimum Gasteiger partial charge on any atom is -0.457 e. The molecule has 0 rings (SSSR count). The van der Waals surface area contributed by atoms with E-state index in [9.17, 15) is 14.3 Å². The van der Waals surface area contributed by atoms with Gasteiger partial charge in [-0.2, -0.15) is 0 Å². The third-order valence-electron chi connectivity index (χ3n) is 6.84. The van der Waals surface area contributed by atoms with Crippen molar-refractivity contribution in [3.8, 4) is 0 Å². The number of carbonyl (C=O) groups excluding carboxylic acids is 1. The smallest absolute Gasteiger partial charge is 0.457 e. The molecule has 3 N–H and O–H groups in total. The Hall–Kier alpha value is -1.02. The maximum atomic E-state index is 11.9. The fourth-order valence-corrected chi connectivity index (χ4v) is 5.18. The molecule has 0 heterocycles. The minimum atomic E-state index is -4.24. The Morgan fingerprint density at radius 3 is 1.81 bits per heavy atom. The number of ether oxygens (including phenoxy) is 2. The second kappa shape index (κ2) is 31.4. The molecule has 0 aromatic carbocycles. The van der Waals surface area contributed by atoms with E-state index in [2.05, 4.69) is 31.2 Å². The highest BCUT2D eigenvalue weighted by Gasteiger charge is 2.25. The van der Waals surface area contributed by atoms with Crippen LogP contribution in [0.15, 0.2) is 24.3 Å². The molecular weight excluding hydrogens is 553 g/mol. The van der Waals surface area contributed by atoms with E-state index >= 15 is 0 Å². The molecule has 2 atom stereocenters. The number of allylic oxidation sites excluding steroid dienone is 4. The van der Waals surface area contributed by atoms with E-state index in [4.69, 9.17) is 24.3 Å². The van der Waals surface area contributed by atoms with Crippen LogP contribution in [-0.4, -0.2) is 49.9 Å². The zero-order valence-electron chi connectivity index (χ0n) is 27.0. The van der Waals surface area contributed by atoms with Gasteiger partial charge in [-0.05, 0) is 44.9 Å². The van der Waals surface area contributed by atoms with E-state index in [1.807, 2.05) is 6.92 Å². The quantitative estimate of drug-likeness (QED) is 0.0332. The third-order valence-corrected chi connectivity index (χ3v) is 7.83. The Morgan fingerprint density at radius 2 is 1.26 bits per heavy atom. The highest BCUT2D eigenvalue weighted by molar-refractivity contribution is 7.47. The maximum absolute atomic E-state index is 11.9. The van der Waals surface area contributed by atoms with Gasteiger partial charge < -0.3 is 20.1 Å². The number of esters is 1. The van der Waals surface area contributed by atoms with Gasteiger partial charge >= 0.3 is 13.8 Å². The predicted octanol–water partition coefficient (Wildman–Crippen LogP) is 8.96. The van der Waals surface area contributed by atoms with Crippen molar-refractivity contribution in [2.24, 2.45) is 5.73 Å². The van der Waals surface area contributed by atoms with Gasteiger partial charge in [-0.15, -0.1) is 0 Å². The maximum Gasteiger partial charge on any atom is 0.472 e. The van der Waals surface area contributed by atoms with Crippen molar-refractivity contribution in [1.82, 2.24) is 0 Å². The van der Waals surface area contributed by atoms with Crippen molar-refractivity contribution < 1.29 is 32.8 Å². The van der Waals surface area contributed by atoms with Crippen molar-refractivity contribution in [1.29, 1.82) is 0 Å². The summed E-state index contributed by atoms with van der Waals surface area (Å²) < 4.78 is 32.5. The van der Waals surface area contributed by atoms with Gasteiger partial charge in [0.15, 0.2) is 0 Å². The van der Waals surface area contributed by atoms with Gasteiger partial charge in [0.05, 0.1) is 19.8 Å². The lowest BCUT2D eigenvalue weighted by Gasteiger charge is -2.19. The molecule has 8 nitrogen and oxygen atoms in total. The lowest BCUT2D eigenvalue weighted by molar-refractivity contribution is -0.154. The van der Waals surface area contributed by atoms with Crippen molar-refractivity contribution in [2.45, 2.75) is 148 Å². The minimum absolute atomic E-state index is 0.0970. The van der Waals surface area contributed by atoms with Gasteiger partial charge in [-0.25, -0.2) is 4.57 Å². The second-order valence-electron chi connectivity index (χ2n) is 11.0. The van der Waals surface area contributed by atoms with Gasteiger partial charge in [-0.1, -0.05) is 115 Å². The first-order valence-electron chi connectivity index (χ1n) is 16.8. The van der Waals surface area contributed by atoms with Crippen LogP contribution in [0.5, 0.6) is 0 Å². The fraction of sp³-hybridized carbons (Fsp3) is 0.848. The molecule has 0 aliphatic rings. The first kappa shape index (κ1) is 41.0. The zero-order chi connectivity index (χ0) is 31.0. The van der Waals surface area contributed by atoms with Crippen LogP contribution < -0.4 is 5.73 Å². The molecule has 2 unspecified atom stereocenters. The van der Waals surface area contributed by atoms with E-state index < -0.39 is 13.9 Å². The van der Waals surface area contributed by atoms with E-state index in [0.717, 1.165) is 19.3 Å². The monoisotopic (exact) mass is 617 g/mol. The van der Waals surface area contributed by atoms with Crippen LogP contribution in [-0.2, 0) is 27.9 Å². The summed E-state index contributed by atoms with van der Waals surface area (Å²) in [5.41, 5.74) is 5.28. The van der Waals surface area contributed by atoms with Gasteiger partial charge in [0.1, 0.15) is 6.10 Å². The van der Waals surface area contributed by atoms with Crippen molar-refractivity contribution in [3.05, 3.63) is 24.3 Å². The van der Waals surface area contributed by atoms with Gasteiger partial charge in [0.25, 0.3) is 0 Å². The molecule has 42 heavy (non-hydrogen) atoms. The summed E-state index contributed by atoms with van der Waals surface area (Å²) in [6.07, 6.45) is 32.1. The van der Waals surface area contributed by atoms with Gasteiger partial charge in [-0.3, -0.25) is 13.8 Å². The number of rotatable bonds is 32. The molecule has 9 heteroatoms. The molecule has 0 radical (unpaired) electrons. The molecule has 0 saturated carbocycles. The fourth-order valence-electron chi connectivity index (χ4n) is 4.42. The van der Waals surface area contributed by atoms with Crippen LogP contribution in [0, 0.1) is 0 Å². The molecule has 0 saturated heterocycles. The normalized spacial score (nSPS) is 14.1. The van der Waals surface area contributed by atoms with Crippen molar-refractivity contribution in [2.75, 3.05) is 33.0 Å².